The van der Waals surface area contributed by atoms with Crippen molar-refractivity contribution in [3.63, 3.8) is 0 Å². The van der Waals surface area contributed by atoms with Gasteiger partial charge in [0.25, 0.3) is 0 Å². The third-order valence-electron chi connectivity index (χ3n) is 1.96. The smallest absolute Gasteiger partial charge is 0.234 e. The van der Waals surface area contributed by atoms with Gasteiger partial charge < -0.3 is 4.74 Å². The van der Waals surface area contributed by atoms with E-state index in [1.807, 2.05) is 24.3 Å². The molecule has 1 aromatic carbocycles. The zero-order valence-corrected chi connectivity index (χ0v) is 8.12. The van der Waals surface area contributed by atoms with Crippen LogP contribution in [0.5, 0.6) is 5.75 Å². The highest BCUT2D eigenvalue weighted by atomic mass is 16.5. The van der Waals surface area contributed by atoms with E-state index in [1.165, 1.54) is 0 Å². The lowest BCUT2D eigenvalue weighted by Gasteiger charge is -2.02. The van der Waals surface area contributed by atoms with Crippen LogP contribution in [0.1, 0.15) is 12.0 Å². The molecular weight excluding hydrogens is 180 g/mol. The van der Waals surface area contributed by atoms with E-state index in [-0.39, 0.29) is 5.91 Å². The van der Waals surface area contributed by atoms with Gasteiger partial charge in [-0.1, -0.05) is 12.1 Å². The fourth-order valence-electron chi connectivity index (χ4n) is 1.12. The van der Waals surface area contributed by atoms with Gasteiger partial charge in [0.2, 0.25) is 5.91 Å². The number of ether oxygens (including phenoxy) is 1. The lowest BCUT2D eigenvalue weighted by molar-refractivity contribution is -0.121. The second-order valence-electron chi connectivity index (χ2n) is 2.92. The second kappa shape index (κ2) is 5.24. The number of hydrazine groups is 1. The van der Waals surface area contributed by atoms with Crippen LogP contribution in [0.3, 0.4) is 0 Å². The quantitative estimate of drug-likeness (QED) is 0.419. The van der Waals surface area contributed by atoms with Crippen LogP contribution in [-0.4, -0.2) is 13.0 Å². The lowest BCUT2D eigenvalue weighted by atomic mass is 10.1. The number of amides is 1. The number of rotatable bonds is 4. The first-order valence-corrected chi connectivity index (χ1v) is 4.38. The van der Waals surface area contributed by atoms with E-state index in [1.54, 1.807) is 7.11 Å². The first kappa shape index (κ1) is 10.5. The van der Waals surface area contributed by atoms with Crippen molar-refractivity contribution in [1.82, 2.24) is 5.43 Å². The van der Waals surface area contributed by atoms with Crippen LogP contribution in [0.15, 0.2) is 24.3 Å². The Labute approximate surface area is 83.0 Å². The molecule has 1 rings (SSSR count). The maximum atomic E-state index is 10.8. The molecule has 0 bridgehead atoms. The largest absolute Gasteiger partial charge is 0.497 e. The number of hydrogen-bond donors (Lipinski definition) is 2. The highest BCUT2D eigenvalue weighted by Crippen LogP contribution is 2.12. The van der Waals surface area contributed by atoms with Crippen molar-refractivity contribution in [2.75, 3.05) is 7.11 Å². The highest BCUT2D eigenvalue weighted by molar-refractivity contribution is 5.75. The molecule has 14 heavy (non-hydrogen) atoms. The highest BCUT2D eigenvalue weighted by Gasteiger charge is 1.99. The molecule has 1 aromatic rings. The Morgan fingerprint density at radius 2 is 2.07 bits per heavy atom. The minimum Gasteiger partial charge on any atom is -0.497 e. The van der Waals surface area contributed by atoms with E-state index >= 15 is 0 Å². The molecule has 4 nitrogen and oxygen atoms in total. The van der Waals surface area contributed by atoms with Crippen LogP contribution in [0.2, 0.25) is 0 Å². The maximum Gasteiger partial charge on any atom is 0.234 e. The van der Waals surface area contributed by atoms with Crippen LogP contribution in [-0.2, 0) is 11.2 Å². The summed E-state index contributed by atoms with van der Waals surface area (Å²) in [5.74, 6) is 5.63. The Kier molecular flexibility index (Phi) is 3.94. The van der Waals surface area contributed by atoms with Crippen molar-refractivity contribution in [2.45, 2.75) is 12.8 Å². The fraction of sp³-hybridized carbons (Fsp3) is 0.300. The number of carbonyl (C=O) groups is 1. The van der Waals surface area contributed by atoms with Crippen molar-refractivity contribution < 1.29 is 9.53 Å². The normalized spacial score (nSPS) is 9.57. The molecule has 3 N–H and O–H groups in total. The van der Waals surface area contributed by atoms with Gasteiger partial charge in [0.15, 0.2) is 0 Å². The van der Waals surface area contributed by atoms with Crippen LogP contribution in [0, 0.1) is 0 Å². The number of hydrogen-bond acceptors (Lipinski definition) is 3. The maximum absolute atomic E-state index is 10.8. The van der Waals surface area contributed by atoms with Gasteiger partial charge in [-0.25, -0.2) is 5.84 Å². The summed E-state index contributed by atoms with van der Waals surface area (Å²) < 4.78 is 5.02. The first-order valence-electron chi connectivity index (χ1n) is 4.38. The molecule has 4 heteroatoms. The third kappa shape index (κ3) is 3.06. The van der Waals surface area contributed by atoms with Crippen molar-refractivity contribution in [2.24, 2.45) is 5.84 Å². The zero-order chi connectivity index (χ0) is 10.4. The number of nitrogens with two attached hydrogens (primary N) is 1. The predicted molar refractivity (Wildman–Crippen MR) is 53.6 cm³/mol. The van der Waals surface area contributed by atoms with Gasteiger partial charge in [0, 0.05) is 6.42 Å². The van der Waals surface area contributed by atoms with Gasteiger partial charge in [-0.05, 0) is 24.1 Å². The summed E-state index contributed by atoms with van der Waals surface area (Å²) in [5.41, 5.74) is 3.19. The third-order valence-corrected chi connectivity index (χ3v) is 1.96. The molecule has 0 saturated carbocycles. The first-order chi connectivity index (χ1) is 6.76. The summed E-state index contributed by atoms with van der Waals surface area (Å²) in [6, 6.07) is 7.61. The van der Waals surface area contributed by atoms with E-state index in [2.05, 4.69) is 5.43 Å². The van der Waals surface area contributed by atoms with Crippen molar-refractivity contribution >= 4 is 5.91 Å². The van der Waals surface area contributed by atoms with E-state index in [9.17, 15) is 4.79 Å². The number of aryl methyl sites for hydroxylation is 1. The standard InChI is InChI=1S/C10H14N2O2/c1-14-9-5-2-8(3-6-9)4-7-10(13)12-11/h2-3,5-6H,4,7,11H2,1H3,(H,12,13). The summed E-state index contributed by atoms with van der Waals surface area (Å²) in [7, 11) is 1.62. The van der Waals surface area contributed by atoms with E-state index in [0.29, 0.717) is 12.8 Å². The molecule has 76 valence electrons. The summed E-state index contributed by atoms with van der Waals surface area (Å²) in [6.07, 6.45) is 1.09. The summed E-state index contributed by atoms with van der Waals surface area (Å²) in [5, 5.41) is 0. The molecule has 0 aliphatic heterocycles. The van der Waals surface area contributed by atoms with Gasteiger partial charge in [-0.2, -0.15) is 0 Å². The number of carbonyl (C=O) groups excluding carboxylic acids is 1. The molecule has 0 spiro atoms. The van der Waals surface area contributed by atoms with Gasteiger partial charge >= 0.3 is 0 Å². The Hall–Kier alpha value is -1.55. The van der Waals surface area contributed by atoms with Crippen LogP contribution in [0.25, 0.3) is 0 Å². The van der Waals surface area contributed by atoms with Crippen molar-refractivity contribution in [3.8, 4) is 5.75 Å². The van der Waals surface area contributed by atoms with Crippen LogP contribution >= 0.6 is 0 Å². The molecule has 0 unspecified atom stereocenters. The van der Waals surface area contributed by atoms with Crippen molar-refractivity contribution in [3.05, 3.63) is 29.8 Å². The minimum absolute atomic E-state index is 0.152. The number of methoxy groups -OCH3 is 1. The molecule has 0 saturated heterocycles. The molecule has 0 fully saturated rings. The Morgan fingerprint density at radius 3 is 2.57 bits per heavy atom. The fourth-order valence-corrected chi connectivity index (χ4v) is 1.12. The molecule has 0 atom stereocenters. The van der Waals surface area contributed by atoms with Gasteiger partial charge in [-0.15, -0.1) is 0 Å². The molecular formula is C10H14N2O2. The molecule has 0 aliphatic rings. The van der Waals surface area contributed by atoms with Crippen molar-refractivity contribution in [1.29, 1.82) is 0 Å². The summed E-state index contributed by atoms with van der Waals surface area (Å²) >= 11 is 0. The summed E-state index contributed by atoms with van der Waals surface area (Å²) in [4.78, 5) is 10.8. The Morgan fingerprint density at radius 1 is 1.43 bits per heavy atom. The second-order valence-corrected chi connectivity index (χ2v) is 2.92. The predicted octanol–water partition coefficient (Wildman–Crippen LogP) is 0.618. The van der Waals surface area contributed by atoms with Gasteiger partial charge in [0.05, 0.1) is 7.11 Å². The van der Waals surface area contributed by atoms with Crippen LogP contribution < -0.4 is 16.0 Å². The minimum atomic E-state index is -0.152. The van der Waals surface area contributed by atoms with Gasteiger partial charge in [0.1, 0.15) is 5.75 Å². The average Bonchev–Trinajstić information content (AvgIpc) is 2.26. The van der Waals surface area contributed by atoms with E-state index in [0.717, 1.165) is 11.3 Å². The average molecular weight is 194 g/mol. The Balaban J connectivity index is 2.47. The Bertz CT molecular complexity index is 295. The number of nitrogens with one attached hydrogen (secondary N) is 1. The molecule has 0 radical (unpaired) electrons. The SMILES string of the molecule is COc1ccc(CCC(=O)NN)cc1. The molecule has 0 heterocycles. The van der Waals surface area contributed by atoms with Gasteiger partial charge in [-0.3, -0.25) is 10.2 Å². The topological polar surface area (TPSA) is 64.3 Å². The molecule has 0 aliphatic carbocycles. The lowest BCUT2D eigenvalue weighted by Crippen LogP contribution is -2.30. The van der Waals surface area contributed by atoms with E-state index < -0.39 is 0 Å². The summed E-state index contributed by atoms with van der Waals surface area (Å²) in [6.45, 7) is 0. The van der Waals surface area contributed by atoms with E-state index in [4.69, 9.17) is 10.6 Å². The number of benzene rings is 1. The monoisotopic (exact) mass is 194 g/mol. The molecule has 0 aromatic heterocycles. The molecule has 1 amide bonds. The van der Waals surface area contributed by atoms with Crippen LogP contribution in [0.4, 0.5) is 0 Å². The zero-order valence-electron chi connectivity index (χ0n) is 8.12.